The average molecular weight is 312 g/mol. The van der Waals surface area contributed by atoms with Crippen LogP contribution in [0, 0.1) is 12.8 Å². The summed E-state index contributed by atoms with van der Waals surface area (Å²) in [6.45, 7) is 7.36. The quantitative estimate of drug-likeness (QED) is 0.847. The summed E-state index contributed by atoms with van der Waals surface area (Å²) in [6.07, 6.45) is 2.60. The van der Waals surface area contributed by atoms with Crippen molar-refractivity contribution in [2.24, 2.45) is 5.92 Å². The third kappa shape index (κ3) is 5.40. The number of benzene rings is 1. The van der Waals surface area contributed by atoms with E-state index in [1.54, 1.807) is 12.3 Å². The smallest absolute Gasteiger partial charge is 0.253 e. The van der Waals surface area contributed by atoms with Gasteiger partial charge in [0.05, 0.1) is 12.2 Å². The van der Waals surface area contributed by atoms with E-state index in [9.17, 15) is 4.79 Å². The fourth-order valence-electron chi connectivity index (χ4n) is 2.07. The normalized spacial score (nSPS) is 10.6. The van der Waals surface area contributed by atoms with E-state index in [2.05, 4.69) is 24.1 Å². The Hall–Kier alpha value is -2.36. The van der Waals surface area contributed by atoms with Gasteiger partial charge in [-0.2, -0.15) is 0 Å². The zero-order valence-electron chi connectivity index (χ0n) is 14.0. The molecule has 0 aliphatic heterocycles. The molecule has 0 fully saturated rings. The molecular formula is C19H24N2O2. The number of hydrogen-bond acceptors (Lipinski definition) is 3. The van der Waals surface area contributed by atoms with Crippen LogP contribution < -0.4 is 10.1 Å². The van der Waals surface area contributed by atoms with Gasteiger partial charge in [0.15, 0.2) is 0 Å². The van der Waals surface area contributed by atoms with Crippen molar-refractivity contribution in [2.75, 3.05) is 6.61 Å². The van der Waals surface area contributed by atoms with Gasteiger partial charge >= 0.3 is 0 Å². The molecule has 1 aromatic carbocycles. The molecular weight excluding hydrogens is 288 g/mol. The van der Waals surface area contributed by atoms with Gasteiger partial charge in [0, 0.05) is 24.0 Å². The Morgan fingerprint density at radius 3 is 2.70 bits per heavy atom. The Bertz CT molecular complexity index is 636. The molecule has 2 rings (SSSR count). The van der Waals surface area contributed by atoms with Crippen molar-refractivity contribution >= 4 is 5.91 Å². The summed E-state index contributed by atoms with van der Waals surface area (Å²) in [6, 6.07) is 11.4. The molecule has 4 heteroatoms. The fraction of sp³-hybridized carbons (Fsp3) is 0.368. The maximum Gasteiger partial charge on any atom is 0.253 e. The molecule has 0 bridgehead atoms. The first-order chi connectivity index (χ1) is 11.1. The number of nitrogens with one attached hydrogen (secondary N) is 1. The first-order valence-corrected chi connectivity index (χ1v) is 7.98. The van der Waals surface area contributed by atoms with Crippen molar-refractivity contribution in [1.29, 1.82) is 0 Å². The van der Waals surface area contributed by atoms with Crippen LogP contribution in [0.15, 0.2) is 42.6 Å². The molecule has 0 atom stereocenters. The second kappa shape index (κ2) is 8.32. The molecule has 0 radical (unpaired) electrons. The van der Waals surface area contributed by atoms with Crippen LogP contribution in [0.3, 0.4) is 0 Å². The van der Waals surface area contributed by atoms with Crippen molar-refractivity contribution in [2.45, 2.75) is 33.7 Å². The highest BCUT2D eigenvalue weighted by Gasteiger charge is 2.08. The molecule has 1 N–H and O–H groups in total. The first-order valence-electron chi connectivity index (χ1n) is 7.98. The lowest BCUT2D eigenvalue weighted by Gasteiger charge is -2.13. The fourth-order valence-corrected chi connectivity index (χ4v) is 2.07. The highest BCUT2D eigenvalue weighted by molar-refractivity contribution is 5.93. The number of carbonyl (C=O) groups is 1. The number of pyridine rings is 1. The molecule has 122 valence electrons. The molecule has 2 aromatic rings. The number of nitrogens with zero attached hydrogens (tertiary/aromatic N) is 1. The zero-order chi connectivity index (χ0) is 16.7. The molecule has 1 amide bonds. The van der Waals surface area contributed by atoms with Crippen LogP contribution in [0.4, 0.5) is 0 Å². The molecule has 0 aliphatic carbocycles. The Kier molecular flexibility index (Phi) is 6.15. The topological polar surface area (TPSA) is 51.2 Å². The van der Waals surface area contributed by atoms with E-state index in [1.807, 2.05) is 37.3 Å². The van der Waals surface area contributed by atoms with Crippen LogP contribution >= 0.6 is 0 Å². The van der Waals surface area contributed by atoms with Gasteiger partial charge in [-0.05, 0) is 37.5 Å². The van der Waals surface area contributed by atoms with Gasteiger partial charge in [-0.3, -0.25) is 9.78 Å². The van der Waals surface area contributed by atoms with Crippen LogP contribution in [-0.2, 0) is 6.54 Å². The summed E-state index contributed by atoms with van der Waals surface area (Å²) in [4.78, 5) is 16.3. The number of carbonyl (C=O) groups excluding carboxylic acids is 1. The Morgan fingerprint density at radius 2 is 2.00 bits per heavy atom. The van der Waals surface area contributed by atoms with Crippen LogP contribution in [0.2, 0.25) is 0 Å². The minimum atomic E-state index is -0.130. The van der Waals surface area contributed by atoms with Crippen molar-refractivity contribution in [1.82, 2.24) is 10.3 Å². The van der Waals surface area contributed by atoms with Gasteiger partial charge in [0.25, 0.3) is 5.91 Å². The summed E-state index contributed by atoms with van der Waals surface area (Å²) in [7, 11) is 0. The molecule has 0 aliphatic rings. The lowest BCUT2D eigenvalue weighted by molar-refractivity contribution is 0.0950. The minimum Gasteiger partial charge on any atom is -0.493 e. The number of para-hydroxylation sites is 1. The van der Waals surface area contributed by atoms with Crippen LogP contribution in [-0.4, -0.2) is 17.5 Å². The first kappa shape index (κ1) is 17.0. The standard InChI is InChI=1S/C19H24N2O2/c1-14(2)10-11-23-18-7-5-4-6-16(18)12-21-19(22)17-9-8-15(3)20-13-17/h4-9,13-14H,10-12H2,1-3H3,(H,21,22). The Morgan fingerprint density at radius 1 is 1.22 bits per heavy atom. The predicted molar refractivity (Wildman–Crippen MR) is 91.5 cm³/mol. The van der Waals surface area contributed by atoms with E-state index in [0.29, 0.717) is 24.6 Å². The molecule has 1 heterocycles. The summed E-state index contributed by atoms with van der Waals surface area (Å²) in [5, 5.41) is 2.92. The van der Waals surface area contributed by atoms with E-state index in [1.165, 1.54) is 0 Å². The Labute approximate surface area is 137 Å². The van der Waals surface area contributed by atoms with Gasteiger partial charge in [-0.15, -0.1) is 0 Å². The summed E-state index contributed by atoms with van der Waals surface area (Å²) >= 11 is 0. The van der Waals surface area contributed by atoms with Crippen molar-refractivity contribution in [3.8, 4) is 5.75 Å². The molecule has 0 spiro atoms. The number of amides is 1. The summed E-state index contributed by atoms with van der Waals surface area (Å²) in [5.41, 5.74) is 2.43. The van der Waals surface area contributed by atoms with Gasteiger partial charge < -0.3 is 10.1 Å². The van der Waals surface area contributed by atoms with Gasteiger partial charge in [-0.25, -0.2) is 0 Å². The largest absolute Gasteiger partial charge is 0.493 e. The Balaban J connectivity index is 1.94. The number of aromatic nitrogens is 1. The van der Waals surface area contributed by atoms with Gasteiger partial charge in [0.1, 0.15) is 5.75 Å². The lowest BCUT2D eigenvalue weighted by Crippen LogP contribution is -2.23. The molecule has 0 saturated heterocycles. The second-order valence-electron chi connectivity index (χ2n) is 6.01. The van der Waals surface area contributed by atoms with E-state index in [4.69, 9.17) is 4.74 Å². The number of aryl methyl sites for hydroxylation is 1. The number of rotatable bonds is 7. The molecule has 0 saturated carbocycles. The highest BCUT2D eigenvalue weighted by Crippen LogP contribution is 2.18. The third-order valence-electron chi connectivity index (χ3n) is 3.54. The number of hydrogen-bond donors (Lipinski definition) is 1. The average Bonchev–Trinajstić information content (AvgIpc) is 2.54. The molecule has 4 nitrogen and oxygen atoms in total. The number of ether oxygens (including phenoxy) is 1. The van der Waals surface area contributed by atoms with Crippen molar-refractivity contribution in [3.63, 3.8) is 0 Å². The maximum absolute atomic E-state index is 12.2. The van der Waals surface area contributed by atoms with E-state index in [0.717, 1.165) is 23.4 Å². The van der Waals surface area contributed by atoms with E-state index < -0.39 is 0 Å². The predicted octanol–water partition coefficient (Wildman–Crippen LogP) is 3.74. The van der Waals surface area contributed by atoms with Gasteiger partial charge in [-0.1, -0.05) is 32.0 Å². The van der Waals surface area contributed by atoms with E-state index >= 15 is 0 Å². The monoisotopic (exact) mass is 312 g/mol. The van der Waals surface area contributed by atoms with Crippen molar-refractivity contribution < 1.29 is 9.53 Å². The second-order valence-corrected chi connectivity index (χ2v) is 6.01. The third-order valence-corrected chi connectivity index (χ3v) is 3.54. The minimum absolute atomic E-state index is 0.130. The maximum atomic E-state index is 12.2. The zero-order valence-corrected chi connectivity index (χ0v) is 14.0. The SMILES string of the molecule is Cc1ccc(C(=O)NCc2ccccc2OCCC(C)C)cn1. The van der Waals surface area contributed by atoms with E-state index in [-0.39, 0.29) is 5.91 Å². The molecule has 0 unspecified atom stereocenters. The van der Waals surface area contributed by atoms with Crippen LogP contribution in [0.5, 0.6) is 5.75 Å². The van der Waals surface area contributed by atoms with Crippen molar-refractivity contribution in [3.05, 3.63) is 59.4 Å². The van der Waals surface area contributed by atoms with Gasteiger partial charge in [0.2, 0.25) is 0 Å². The highest BCUT2D eigenvalue weighted by atomic mass is 16.5. The molecule has 1 aromatic heterocycles. The summed E-state index contributed by atoms with van der Waals surface area (Å²) < 4.78 is 5.84. The molecule has 23 heavy (non-hydrogen) atoms. The van der Waals surface area contributed by atoms with Crippen LogP contribution in [0.25, 0.3) is 0 Å². The lowest BCUT2D eigenvalue weighted by atomic mass is 10.1. The summed E-state index contributed by atoms with van der Waals surface area (Å²) in [5.74, 6) is 1.31. The van der Waals surface area contributed by atoms with Crippen LogP contribution in [0.1, 0.15) is 41.9 Å².